The molecule has 0 aromatic rings. The fraction of sp³-hybridized carbons (Fsp3) is 0.721. The van der Waals surface area contributed by atoms with Gasteiger partial charge < -0.3 is 64.2 Å². The van der Waals surface area contributed by atoms with Crippen molar-refractivity contribution in [1.82, 2.24) is 0 Å². The van der Waals surface area contributed by atoms with Gasteiger partial charge in [-0.25, -0.2) is 0 Å². The maximum absolute atomic E-state index is 12.8. The third-order valence-electron chi connectivity index (χ3n) is 9.51. The van der Waals surface area contributed by atoms with E-state index >= 15 is 0 Å². The van der Waals surface area contributed by atoms with Gasteiger partial charge >= 0.3 is 11.9 Å². The first-order valence-corrected chi connectivity index (χ1v) is 20.9. The van der Waals surface area contributed by atoms with Gasteiger partial charge in [0.15, 0.2) is 18.7 Å². The van der Waals surface area contributed by atoms with Crippen LogP contribution in [0.15, 0.2) is 60.8 Å². The Balaban J connectivity index is 1.87. The maximum Gasteiger partial charge on any atom is 0.306 e. The third-order valence-corrected chi connectivity index (χ3v) is 9.51. The Morgan fingerprint density at radius 1 is 0.569 bits per heavy atom. The van der Waals surface area contributed by atoms with E-state index in [4.69, 9.17) is 28.4 Å². The SMILES string of the molecule is CC/C=C\C/C=C\C/C=C\C/C=C\C/C=C\CCCC(=O)OC(COC(=O)CCCCCCC)COC1OC(COC2OC(CO)C(O)C(O)C2O)C(O)C(O)C1O. The van der Waals surface area contributed by atoms with E-state index < -0.39 is 99.3 Å². The van der Waals surface area contributed by atoms with Crippen LogP contribution >= 0.6 is 0 Å². The van der Waals surface area contributed by atoms with E-state index in [2.05, 4.69) is 62.5 Å². The number of esters is 2. The summed E-state index contributed by atoms with van der Waals surface area (Å²) >= 11 is 0. The molecule has 0 bridgehead atoms. The molecule has 2 heterocycles. The van der Waals surface area contributed by atoms with Gasteiger partial charge in [0.05, 0.1) is 19.8 Å². The van der Waals surface area contributed by atoms with Gasteiger partial charge in [0.25, 0.3) is 0 Å². The second-order valence-corrected chi connectivity index (χ2v) is 14.4. The van der Waals surface area contributed by atoms with Gasteiger partial charge in [-0.15, -0.1) is 0 Å². The standard InChI is InChI=1S/C43H70O15/c1-3-5-7-9-10-11-12-13-14-15-16-17-18-19-20-22-24-26-35(46)56-31(28-53-34(45)25-23-21-8-6-4-2)29-54-42-41(52)39(50)37(48)33(58-42)30-55-43-40(51)38(49)36(47)32(27-44)57-43/h5,7,10-11,13-14,16-17,19-20,31-33,36-44,47-52H,3-4,6,8-9,12,15,18,21-30H2,1-2H3/b7-5-,11-10-,14-13-,17-16-,20-19-. The number of ether oxygens (including phenoxy) is 6. The number of hydrogen-bond acceptors (Lipinski definition) is 15. The van der Waals surface area contributed by atoms with E-state index in [9.17, 15) is 45.3 Å². The molecule has 2 aliphatic heterocycles. The summed E-state index contributed by atoms with van der Waals surface area (Å²) in [5, 5.41) is 71.5. The molecule has 58 heavy (non-hydrogen) atoms. The normalized spacial score (nSPS) is 28.7. The quantitative estimate of drug-likeness (QED) is 0.0326. The van der Waals surface area contributed by atoms with Gasteiger partial charge in [-0.1, -0.05) is 100 Å². The molecule has 0 aliphatic carbocycles. The molecule has 0 saturated carbocycles. The van der Waals surface area contributed by atoms with Crippen LogP contribution in [0.5, 0.6) is 0 Å². The van der Waals surface area contributed by atoms with Gasteiger partial charge in [-0.3, -0.25) is 9.59 Å². The minimum Gasteiger partial charge on any atom is -0.462 e. The van der Waals surface area contributed by atoms with Crippen molar-refractivity contribution in [2.45, 2.75) is 171 Å². The lowest BCUT2D eigenvalue weighted by Gasteiger charge is -2.42. The highest BCUT2D eigenvalue weighted by molar-refractivity contribution is 5.70. The molecule has 0 aromatic carbocycles. The van der Waals surface area contributed by atoms with Gasteiger partial charge in [-0.05, 0) is 51.4 Å². The van der Waals surface area contributed by atoms with E-state index in [1.165, 1.54) is 0 Å². The van der Waals surface area contributed by atoms with Crippen LogP contribution in [0.25, 0.3) is 0 Å². The van der Waals surface area contributed by atoms with Crippen LogP contribution in [0.4, 0.5) is 0 Å². The van der Waals surface area contributed by atoms with Crippen molar-refractivity contribution in [3.63, 3.8) is 0 Å². The Bertz CT molecular complexity index is 1250. The first-order chi connectivity index (χ1) is 28.0. The highest BCUT2D eigenvalue weighted by atomic mass is 16.7. The molecule has 2 saturated heterocycles. The highest BCUT2D eigenvalue weighted by Crippen LogP contribution is 2.26. The summed E-state index contributed by atoms with van der Waals surface area (Å²) in [4.78, 5) is 25.3. The Labute approximate surface area is 343 Å². The fourth-order valence-corrected chi connectivity index (χ4v) is 6.01. The summed E-state index contributed by atoms with van der Waals surface area (Å²) < 4.78 is 33.1. The summed E-state index contributed by atoms with van der Waals surface area (Å²) in [6.45, 7) is 2.26. The predicted molar refractivity (Wildman–Crippen MR) is 215 cm³/mol. The van der Waals surface area contributed by atoms with Crippen molar-refractivity contribution < 1.29 is 73.8 Å². The number of rotatable bonds is 29. The van der Waals surface area contributed by atoms with Crippen LogP contribution in [-0.4, -0.2) is 142 Å². The largest absolute Gasteiger partial charge is 0.462 e. The number of carbonyl (C=O) groups excluding carboxylic acids is 2. The Morgan fingerprint density at radius 2 is 1.09 bits per heavy atom. The second kappa shape index (κ2) is 31.1. The van der Waals surface area contributed by atoms with Crippen molar-refractivity contribution in [1.29, 1.82) is 0 Å². The van der Waals surface area contributed by atoms with Gasteiger partial charge in [-0.2, -0.15) is 0 Å². The number of allylic oxidation sites excluding steroid dienone is 10. The van der Waals surface area contributed by atoms with Crippen molar-refractivity contribution in [3.05, 3.63) is 60.8 Å². The molecule has 2 aliphatic rings. The molecule has 11 unspecified atom stereocenters. The molecule has 7 N–H and O–H groups in total. The average molecular weight is 827 g/mol. The van der Waals surface area contributed by atoms with Gasteiger partial charge in [0, 0.05) is 12.8 Å². The maximum atomic E-state index is 12.8. The van der Waals surface area contributed by atoms with Crippen LogP contribution in [0.2, 0.25) is 0 Å². The molecule has 15 heteroatoms. The summed E-state index contributed by atoms with van der Waals surface area (Å²) in [6, 6.07) is 0. The minimum absolute atomic E-state index is 0.0843. The molecule has 0 amide bonds. The molecular weight excluding hydrogens is 756 g/mol. The Morgan fingerprint density at radius 3 is 1.67 bits per heavy atom. The number of carbonyl (C=O) groups is 2. The van der Waals surface area contributed by atoms with E-state index in [0.29, 0.717) is 19.3 Å². The Kier molecular flexibility index (Phi) is 27.6. The lowest BCUT2D eigenvalue weighted by atomic mass is 9.98. The van der Waals surface area contributed by atoms with E-state index in [1.807, 2.05) is 12.2 Å². The smallest absolute Gasteiger partial charge is 0.306 e. The van der Waals surface area contributed by atoms with Crippen LogP contribution in [-0.2, 0) is 38.0 Å². The minimum atomic E-state index is -1.77. The summed E-state index contributed by atoms with van der Waals surface area (Å²) in [5.41, 5.74) is 0. The van der Waals surface area contributed by atoms with Crippen LogP contribution in [0, 0.1) is 0 Å². The van der Waals surface area contributed by atoms with Crippen molar-refractivity contribution in [3.8, 4) is 0 Å². The third kappa shape index (κ3) is 20.4. The fourth-order valence-electron chi connectivity index (χ4n) is 6.01. The summed E-state index contributed by atoms with van der Waals surface area (Å²) in [6.07, 6.45) is 14.8. The van der Waals surface area contributed by atoms with Crippen molar-refractivity contribution >= 4 is 11.9 Å². The summed E-state index contributed by atoms with van der Waals surface area (Å²) in [7, 11) is 0. The van der Waals surface area contributed by atoms with Crippen LogP contribution in [0.3, 0.4) is 0 Å². The Hall–Kier alpha value is -2.80. The van der Waals surface area contributed by atoms with Gasteiger partial charge in [0.2, 0.25) is 0 Å². The predicted octanol–water partition coefficient (Wildman–Crippen LogP) is 3.36. The lowest BCUT2D eigenvalue weighted by Crippen LogP contribution is -2.61. The first-order valence-electron chi connectivity index (χ1n) is 20.9. The molecule has 0 radical (unpaired) electrons. The zero-order valence-electron chi connectivity index (χ0n) is 34.2. The van der Waals surface area contributed by atoms with E-state index in [0.717, 1.165) is 57.8 Å². The highest BCUT2D eigenvalue weighted by Gasteiger charge is 2.47. The van der Waals surface area contributed by atoms with Crippen LogP contribution < -0.4 is 0 Å². The molecule has 332 valence electrons. The number of aliphatic hydroxyl groups excluding tert-OH is 7. The molecule has 0 aromatic heterocycles. The van der Waals surface area contributed by atoms with E-state index in [1.54, 1.807) is 0 Å². The zero-order chi connectivity index (χ0) is 42.5. The average Bonchev–Trinajstić information content (AvgIpc) is 3.21. The topological polar surface area (TPSA) is 231 Å². The molecular formula is C43H70O15. The van der Waals surface area contributed by atoms with E-state index in [-0.39, 0.29) is 19.4 Å². The molecule has 2 fully saturated rings. The molecule has 2 rings (SSSR count). The molecule has 11 atom stereocenters. The molecule has 15 nitrogen and oxygen atoms in total. The lowest BCUT2D eigenvalue weighted by molar-refractivity contribution is -0.332. The zero-order valence-corrected chi connectivity index (χ0v) is 34.2. The molecule has 0 spiro atoms. The monoisotopic (exact) mass is 826 g/mol. The number of hydrogen-bond donors (Lipinski definition) is 7. The van der Waals surface area contributed by atoms with Crippen LogP contribution in [0.1, 0.15) is 104 Å². The number of unbranched alkanes of at least 4 members (excludes halogenated alkanes) is 5. The van der Waals surface area contributed by atoms with Crippen molar-refractivity contribution in [2.75, 3.05) is 26.4 Å². The number of aliphatic hydroxyl groups is 7. The summed E-state index contributed by atoms with van der Waals surface area (Å²) in [5.74, 6) is -1.02. The first kappa shape index (κ1) is 51.3. The van der Waals surface area contributed by atoms with Gasteiger partial charge in [0.1, 0.15) is 55.4 Å². The second-order valence-electron chi connectivity index (χ2n) is 14.4. The van der Waals surface area contributed by atoms with Crippen molar-refractivity contribution in [2.24, 2.45) is 0 Å².